The van der Waals surface area contributed by atoms with Gasteiger partial charge in [0.25, 0.3) is 0 Å². The monoisotopic (exact) mass is 1020 g/mol. The second-order valence-electron chi connectivity index (χ2n) is 20.3. The van der Waals surface area contributed by atoms with Crippen LogP contribution in [0, 0.1) is 0 Å². The molecule has 0 spiro atoms. The van der Waals surface area contributed by atoms with Crippen LogP contribution in [0.4, 0.5) is 0 Å². The Kier molecular flexibility index (Phi) is 11.4. The van der Waals surface area contributed by atoms with Crippen molar-refractivity contribution in [1.29, 1.82) is 0 Å². The minimum atomic E-state index is 0.577. The topological polar surface area (TPSA) is 48.5 Å². The molecule has 3 aromatic heterocycles. The molecular formula is C75H49N5. The largest absolute Gasteiger partial charge is 0.309 e. The quantitative estimate of drug-likeness (QED) is 0.137. The highest BCUT2D eigenvalue weighted by atomic mass is 15.0. The number of benzene rings is 12. The van der Waals surface area contributed by atoms with E-state index in [4.69, 9.17) is 15.0 Å². The highest BCUT2D eigenvalue weighted by Gasteiger charge is 2.25. The van der Waals surface area contributed by atoms with Gasteiger partial charge in [0, 0.05) is 55.0 Å². The van der Waals surface area contributed by atoms with Gasteiger partial charge in [-0.25, -0.2) is 15.0 Å². The molecule has 0 fully saturated rings. The lowest BCUT2D eigenvalue weighted by atomic mass is 9.92. The summed E-state index contributed by atoms with van der Waals surface area (Å²) in [6, 6.07) is 106. The number of hydrogen-bond acceptors (Lipinski definition) is 3. The average Bonchev–Trinajstić information content (AvgIpc) is 4.27. The highest BCUT2D eigenvalue weighted by Crippen LogP contribution is 2.46. The lowest BCUT2D eigenvalue weighted by Crippen LogP contribution is -2.04. The van der Waals surface area contributed by atoms with Gasteiger partial charge in [0.05, 0.1) is 27.8 Å². The number of hydrogen-bond donors (Lipinski definition) is 0. The van der Waals surface area contributed by atoms with Crippen LogP contribution in [0.2, 0.25) is 0 Å². The van der Waals surface area contributed by atoms with Crippen LogP contribution < -0.4 is 0 Å². The first-order valence-corrected chi connectivity index (χ1v) is 27.2. The van der Waals surface area contributed by atoms with Gasteiger partial charge in [-0.3, -0.25) is 0 Å². The zero-order chi connectivity index (χ0) is 52.9. The molecule has 0 radical (unpaired) electrons. The van der Waals surface area contributed by atoms with Crippen LogP contribution >= 0.6 is 0 Å². The van der Waals surface area contributed by atoms with Gasteiger partial charge in [0.15, 0.2) is 17.5 Å². The summed E-state index contributed by atoms with van der Waals surface area (Å²) in [7, 11) is 0. The maximum absolute atomic E-state index is 5.43. The van der Waals surface area contributed by atoms with Crippen molar-refractivity contribution < 1.29 is 0 Å². The standard InChI is InChI=1S/C75H49N5/c1-6-20-50(21-7-1)53-34-38-57(39-35-53)73-76-74(58-40-36-54(37-41-58)51-22-8-2-9-23-51)78-75(77-73)60-47-65(55-26-12-4-13-27-55)72(66(48-60)56-28-14-5-15-29-56)80-70-45-42-59(52-24-10-3-11-25-52)46-67(70)64-44-43-61(49-71(64)80)79-68-32-18-16-30-62(68)63-31-17-19-33-69(63)79/h1-49H. The maximum Gasteiger partial charge on any atom is 0.164 e. The Bertz CT molecular complexity index is 4550. The third-order valence-electron chi connectivity index (χ3n) is 15.6. The molecule has 80 heavy (non-hydrogen) atoms. The zero-order valence-electron chi connectivity index (χ0n) is 43.5. The molecule has 3 heterocycles. The summed E-state index contributed by atoms with van der Waals surface area (Å²) >= 11 is 0. The van der Waals surface area contributed by atoms with Crippen molar-refractivity contribution in [2.24, 2.45) is 0 Å². The summed E-state index contributed by atoms with van der Waals surface area (Å²) in [5.74, 6) is 1.77. The second kappa shape index (κ2) is 19.7. The first-order valence-electron chi connectivity index (χ1n) is 27.2. The average molecular weight is 1020 g/mol. The summed E-state index contributed by atoms with van der Waals surface area (Å²) in [5, 5.41) is 4.78. The van der Waals surface area contributed by atoms with E-state index < -0.39 is 0 Å². The highest BCUT2D eigenvalue weighted by molar-refractivity contribution is 6.14. The normalized spacial score (nSPS) is 11.5. The van der Waals surface area contributed by atoms with Gasteiger partial charge in [-0.2, -0.15) is 0 Å². The van der Waals surface area contributed by atoms with E-state index in [1.807, 2.05) is 12.1 Å². The third-order valence-corrected chi connectivity index (χ3v) is 15.6. The minimum absolute atomic E-state index is 0.577. The van der Waals surface area contributed by atoms with E-state index in [2.05, 4.69) is 294 Å². The van der Waals surface area contributed by atoms with Crippen LogP contribution in [0.1, 0.15) is 0 Å². The molecule has 12 aromatic carbocycles. The van der Waals surface area contributed by atoms with E-state index in [9.17, 15) is 0 Å². The van der Waals surface area contributed by atoms with Gasteiger partial charge in [0.2, 0.25) is 0 Å². The number of fused-ring (bicyclic) bond motifs is 6. The molecule has 0 unspecified atom stereocenters. The molecular weight excluding hydrogens is 971 g/mol. The van der Waals surface area contributed by atoms with Crippen molar-refractivity contribution in [2.75, 3.05) is 0 Å². The molecule has 0 aliphatic carbocycles. The summed E-state index contributed by atoms with van der Waals surface area (Å²) < 4.78 is 4.93. The van der Waals surface area contributed by atoms with E-state index in [-0.39, 0.29) is 0 Å². The molecule has 0 aliphatic heterocycles. The molecule has 5 nitrogen and oxygen atoms in total. The zero-order valence-corrected chi connectivity index (χ0v) is 43.5. The molecule has 15 aromatic rings. The molecule has 5 heteroatoms. The Morgan fingerprint density at radius 2 is 0.550 bits per heavy atom. The summed E-state index contributed by atoms with van der Waals surface area (Å²) in [6.07, 6.45) is 0. The lowest BCUT2D eigenvalue weighted by Gasteiger charge is -2.21. The molecule has 0 aliphatic rings. The van der Waals surface area contributed by atoms with Crippen LogP contribution in [0.5, 0.6) is 0 Å². The van der Waals surface area contributed by atoms with Crippen LogP contribution in [-0.4, -0.2) is 24.1 Å². The first kappa shape index (κ1) is 46.5. The fourth-order valence-electron chi connectivity index (χ4n) is 11.7. The Labute approximate surface area is 463 Å². The van der Waals surface area contributed by atoms with Crippen molar-refractivity contribution in [3.8, 4) is 101 Å². The van der Waals surface area contributed by atoms with E-state index in [1.165, 1.54) is 21.7 Å². The van der Waals surface area contributed by atoms with Crippen LogP contribution in [0.25, 0.3) is 145 Å². The molecule has 0 saturated heterocycles. The maximum atomic E-state index is 5.43. The Morgan fingerprint density at radius 3 is 1.02 bits per heavy atom. The van der Waals surface area contributed by atoms with Gasteiger partial charge in [-0.15, -0.1) is 0 Å². The number of nitrogens with zero attached hydrogens (tertiary/aromatic N) is 5. The second-order valence-corrected chi connectivity index (χ2v) is 20.3. The number of aromatic nitrogens is 5. The van der Waals surface area contributed by atoms with Crippen molar-refractivity contribution in [3.05, 3.63) is 297 Å². The minimum Gasteiger partial charge on any atom is -0.309 e. The van der Waals surface area contributed by atoms with Gasteiger partial charge in [-0.1, -0.05) is 249 Å². The van der Waals surface area contributed by atoms with Crippen LogP contribution in [0.3, 0.4) is 0 Å². The van der Waals surface area contributed by atoms with Crippen LogP contribution in [-0.2, 0) is 0 Å². The fourth-order valence-corrected chi connectivity index (χ4v) is 11.7. The molecule has 0 atom stereocenters. The molecule has 0 N–H and O–H groups in total. The van der Waals surface area contributed by atoms with E-state index in [0.29, 0.717) is 17.5 Å². The van der Waals surface area contributed by atoms with Crippen LogP contribution in [0.15, 0.2) is 297 Å². The molecule has 0 amide bonds. The summed E-state index contributed by atoms with van der Waals surface area (Å²) in [6.45, 7) is 0. The van der Waals surface area contributed by atoms with E-state index in [1.54, 1.807) is 0 Å². The summed E-state index contributed by atoms with van der Waals surface area (Å²) in [4.78, 5) is 16.1. The molecule has 374 valence electrons. The third kappa shape index (κ3) is 8.24. The number of para-hydroxylation sites is 2. The van der Waals surface area contributed by atoms with Crippen molar-refractivity contribution >= 4 is 43.6 Å². The predicted octanol–water partition coefficient (Wildman–Crippen LogP) is 19.4. The predicted molar refractivity (Wildman–Crippen MR) is 332 cm³/mol. The Hall–Kier alpha value is -10.8. The van der Waals surface area contributed by atoms with Gasteiger partial charge in [-0.05, 0) is 93.0 Å². The summed E-state index contributed by atoms with van der Waals surface area (Å²) in [5.41, 5.74) is 20.4. The van der Waals surface area contributed by atoms with Crippen molar-refractivity contribution in [2.45, 2.75) is 0 Å². The van der Waals surface area contributed by atoms with Crippen molar-refractivity contribution in [3.63, 3.8) is 0 Å². The van der Waals surface area contributed by atoms with E-state index in [0.717, 1.165) is 106 Å². The SMILES string of the molecule is c1ccc(-c2ccc(-c3nc(-c4ccc(-c5ccccc5)cc4)nc(-c4cc(-c5ccccc5)c(-n5c6ccc(-c7ccccc7)cc6c6ccc(-n7c8ccccc8c8ccccc87)cc65)c(-c5ccccc5)c4)n3)cc2)cc1. The van der Waals surface area contributed by atoms with Crippen molar-refractivity contribution in [1.82, 2.24) is 24.1 Å². The number of rotatable bonds is 10. The molecule has 15 rings (SSSR count). The fraction of sp³-hybridized carbons (Fsp3) is 0. The lowest BCUT2D eigenvalue weighted by molar-refractivity contribution is 1.07. The molecule has 0 saturated carbocycles. The van der Waals surface area contributed by atoms with Gasteiger partial charge in [0.1, 0.15) is 0 Å². The Morgan fingerprint density at radius 1 is 0.200 bits per heavy atom. The van der Waals surface area contributed by atoms with Gasteiger partial charge < -0.3 is 9.13 Å². The first-order chi connectivity index (χ1) is 39.7. The Balaban J connectivity index is 1.00. The molecule has 0 bridgehead atoms. The smallest absolute Gasteiger partial charge is 0.164 e. The van der Waals surface area contributed by atoms with Gasteiger partial charge >= 0.3 is 0 Å². The van der Waals surface area contributed by atoms with E-state index >= 15 is 0 Å².